The van der Waals surface area contributed by atoms with Gasteiger partial charge in [0.15, 0.2) is 5.69 Å². The van der Waals surface area contributed by atoms with Gasteiger partial charge in [0, 0.05) is 25.0 Å². The van der Waals surface area contributed by atoms with Crippen molar-refractivity contribution in [3.63, 3.8) is 0 Å². The molecule has 0 saturated carbocycles. The number of nitrogens with one attached hydrogen (secondary N) is 1. The van der Waals surface area contributed by atoms with Crippen LogP contribution in [0.1, 0.15) is 52.9 Å². The van der Waals surface area contributed by atoms with Crippen LogP contribution in [-0.2, 0) is 6.42 Å². The van der Waals surface area contributed by atoms with E-state index in [0.29, 0.717) is 24.3 Å². The molecule has 0 bridgehead atoms. The number of hydrogen-bond donors (Lipinski definition) is 1. The van der Waals surface area contributed by atoms with Crippen LogP contribution in [0.4, 0.5) is 5.69 Å². The van der Waals surface area contributed by atoms with E-state index < -0.39 is 0 Å². The third-order valence-electron chi connectivity index (χ3n) is 5.13. The number of aryl methyl sites for hydroxylation is 1. The van der Waals surface area contributed by atoms with E-state index in [-0.39, 0.29) is 17.6 Å². The molecule has 6 heteroatoms. The second-order valence-electron chi connectivity index (χ2n) is 7.04. The number of nitrogens with zero attached hydrogens (tertiary/aromatic N) is 3. The zero-order valence-electron chi connectivity index (χ0n) is 16.0. The lowest BCUT2D eigenvalue weighted by atomic mass is 10.0. The number of carbonyl (C=O) groups excluding carboxylic acids is 2. The van der Waals surface area contributed by atoms with Crippen molar-refractivity contribution < 1.29 is 9.59 Å². The van der Waals surface area contributed by atoms with Gasteiger partial charge in [0.25, 0.3) is 11.8 Å². The Labute approximate surface area is 164 Å². The number of aromatic nitrogens is 2. The molecule has 144 valence electrons. The zero-order valence-corrected chi connectivity index (χ0v) is 16.0. The summed E-state index contributed by atoms with van der Waals surface area (Å²) in [4.78, 5) is 32.3. The first kappa shape index (κ1) is 18.2. The summed E-state index contributed by atoms with van der Waals surface area (Å²) in [6, 6.07) is 13.5. The maximum atomic E-state index is 13.4. The van der Waals surface area contributed by atoms with E-state index in [1.165, 1.54) is 5.56 Å². The molecule has 0 spiro atoms. The van der Waals surface area contributed by atoms with Crippen molar-refractivity contribution in [3.8, 4) is 0 Å². The van der Waals surface area contributed by atoms with Crippen LogP contribution in [-0.4, -0.2) is 34.3 Å². The number of hydrogen-bond acceptors (Lipinski definition) is 3. The fourth-order valence-electron chi connectivity index (χ4n) is 3.68. The Hall–Kier alpha value is -3.15. The fourth-order valence-corrected chi connectivity index (χ4v) is 3.68. The lowest BCUT2D eigenvalue weighted by Gasteiger charge is -2.28. The Morgan fingerprint density at radius 3 is 2.82 bits per heavy atom. The normalized spacial score (nSPS) is 13.4. The highest BCUT2D eigenvalue weighted by molar-refractivity contribution is 6.07. The standard InChI is InChI=1S/C22H24N4O2/c1-2-3-13-23-21(27)19-18-12-6-7-14-25(18)20(24-19)22(28)26-15-8-10-16-9-4-5-11-17(16)26/h4-7,9,11-12,14H,2-3,8,10,13,15H2,1H3,(H,23,27). The number of amides is 2. The van der Waals surface area contributed by atoms with Crippen LogP contribution in [0, 0.1) is 0 Å². The Kier molecular flexibility index (Phi) is 5.10. The topological polar surface area (TPSA) is 66.7 Å². The van der Waals surface area contributed by atoms with Gasteiger partial charge in [-0.3, -0.25) is 14.0 Å². The first-order valence-corrected chi connectivity index (χ1v) is 9.85. The number of anilines is 1. The minimum Gasteiger partial charge on any atom is -0.351 e. The molecule has 0 unspecified atom stereocenters. The highest BCUT2D eigenvalue weighted by Gasteiger charge is 2.28. The maximum absolute atomic E-state index is 13.4. The summed E-state index contributed by atoms with van der Waals surface area (Å²) in [5, 5.41) is 2.90. The Morgan fingerprint density at radius 2 is 1.96 bits per heavy atom. The van der Waals surface area contributed by atoms with Crippen molar-refractivity contribution in [2.45, 2.75) is 32.6 Å². The molecule has 2 amide bonds. The first-order valence-electron chi connectivity index (χ1n) is 9.85. The van der Waals surface area contributed by atoms with E-state index in [2.05, 4.69) is 23.3 Å². The average molecular weight is 376 g/mol. The van der Waals surface area contributed by atoms with Gasteiger partial charge in [0.2, 0.25) is 5.82 Å². The lowest BCUT2D eigenvalue weighted by Crippen LogP contribution is -2.36. The van der Waals surface area contributed by atoms with Crippen LogP contribution in [0.3, 0.4) is 0 Å². The van der Waals surface area contributed by atoms with Crippen LogP contribution in [0.25, 0.3) is 5.52 Å². The summed E-state index contributed by atoms with van der Waals surface area (Å²) in [5.41, 5.74) is 3.04. The van der Waals surface area contributed by atoms with Crippen molar-refractivity contribution in [2.75, 3.05) is 18.0 Å². The van der Waals surface area contributed by atoms with Crippen LogP contribution >= 0.6 is 0 Å². The van der Waals surface area contributed by atoms with Crippen LogP contribution in [0.15, 0.2) is 48.7 Å². The Balaban J connectivity index is 1.72. The zero-order chi connectivity index (χ0) is 19.5. The number of para-hydroxylation sites is 1. The van der Waals surface area contributed by atoms with Gasteiger partial charge >= 0.3 is 0 Å². The number of unbranched alkanes of at least 4 members (excludes halogenated alkanes) is 1. The molecule has 4 rings (SSSR count). The third kappa shape index (κ3) is 3.26. The molecule has 28 heavy (non-hydrogen) atoms. The molecule has 0 fully saturated rings. The summed E-state index contributed by atoms with van der Waals surface area (Å²) in [6.45, 7) is 3.32. The number of fused-ring (bicyclic) bond motifs is 2. The summed E-state index contributed by atoms with van der Waals surface area (Å²) >= 11 is 0. The molecular weight excluding hydrogens is 352 g/mol. The van der Waals surface area contributed by atoms with Crippen LogP contribution in [0.5, 0.6) is 0 Å². The summed E-state index contributed by atoms with van der Waals surface area (Å²) in [5.74, 6) is -0.149. The predicted molar refractivity (Wildman–Crippen MR) is 109 cm³/mol. The van der Waals surface area contributed by atoms with Gasteiger partial charge in [-0.15, -0.1) is 0 Å². The summed E-state index contributed by atoms with van der Waals surface area (Å²) < 4.78 is 1.72. The van der Waals surface area contributed by atoms with Gasteiger partial charge < -0.3 is 10.2 Å². The van der Waals surface area contributed by atoms with Gasteiger partial charge in [-0.1, -0.05) is 37.6 Å². The molecule has 0 radical (unpaired) electrons. The molecule has 3 aromatic rings. The highest BCUT2D eigenvalue weighted by atomic mass is 16.2. The minimum atomic E-state index is -0.241. The molecule has 6 nitrogen and oxygen atoms in total. The Bertz CT molecular complexity index is 1020. The number of benzene rings is 1. The second kappa shape index (κ2) is 7.84. The van der Waals surface area contributed by atoms with E-state index >= 15 is 0 Å². The van der Waals surface area contributed by atoms with E-state index in [1.807, 2.05) is 36.4 Å². The van der Waals surface area contributed by atoms with Gasteiger partial charge in [0.05, 0.1) is 5.52 Å². The molecule has 2 aromatic heterocycles. The van der Waals surface area contributed by atoms with Crippen LogP contribution < -0.4 is 10.2 Å². The number of pyridine rings is 1. The van der Waals surface area contributed by atoms with Crippen molar-refractivity contribution in [2.24, 2.45) is 0 Å². The monoisotopic (exact) mass is 376 g/mol. The molecule has 0 atom stereocenters. The summed E-state index contributed by atoms with van der Waals surface area (Å²) in [7, 11) is 0. The minimum absolute atomic E-state index is 0.180. The summed E-state index contributed by atoms with van der Waals surface area (Å²) in [6.07, 6.45) is 5.58. The van der Waals surface area contributed by atoms with E-state index in [1.54, 1.807) is 15.5 Å². The average Bonchev–Trinajstić information content (AvgIpc) is 3.13. The van der Waals surface area contributed by atoms with Gasteiger partial charge in [-0.05, 0) is 43.0 Å². The maximum Gasteiger partial charge on any atom is 0.294 e. The number of imidazole rings is 1. The molecule has 3 heterocycles. The molecule has 1 aliphatic heterocycles. The molecular formula is C22H24N4O2. The Morgan fingerprint density at radius 1 is 1.14 bits per heavy atom. The van der Waals surface area contributed by atoms with Crippen molar-refractivity contribution in [1.29, 1.82) is 0 Å². The van der Waals surface area contributed by atoms with E-state index in [9.17, 15) is 9.59 Å². The second-order valence-corrected chi connectivity index (χ2v) is 7.04. The third-order valence-corrected chi connectivity index (χ3v) is 5.13. The van der Waals surface area contributed by atoms with E-state index in [0.717, 1.165) is 31.4 Å². The molecule has 1 aliphatic rings. The van der Waals surface area contributed by atoms with Crippen molar-refractivity contribution in [1.82, 2.24) is 14.7 Å². The van der Waals surface area contributed by atoms with E-state index in [4.69, 9.17) is 0 Å². The molecule has 1 N–H and O–H groups in total. The largest absolute Gasteiger partial charge is 0.351 e. The van der Waals surface area contributed by atoms with Crippen LogP contribution in [0.2, 0.25) is 0 Å². The highest BCUT2D eigenvalue weighted by Crippen LogP contribution is 2.28. The fraction of sp³-hybridized carbons (Fsp3) is 0.318. The lowest BCUT2D eigenvalue weighted by molar-refractivity contribution is 0.0950. The molecule has 1 aromatic carbocycles. The SMILES string of the molecule is CCCCNC(=O)c1nc(C(=O)N2CCCc3ccccc32)n2ccccc12. The number of carbonyl (C=O) groups is 2. The first-order chi connectivity index (χ1) is 13.7. The van der Waals surface area contributed by atoms with Gasteiger partial charge in [-0.25, -0.2) is 4.98 Å². The predicted octanol–water partition coefficient (Wildman–Crippen LogP) is 3.46. The van der Waals surface area contributed by atoms with Gasteiger partial charge in [-0.2, -0.15) is 0 Å². The number of rotatable bonds is 5. The molecule has 0 aliphatic carbocycles. The quantitative estimate of drug-likeness (QED) is 0.694. The van der Waals surface area contributed by atoms with Crippen molar-refractivity contribution in [3.05, 3.63) is 65.7 Å². The van der Waals surface area contributed by atoms with Gasteiger partial charge in [0.1, 0.15) is 0 Å². The van der Waals surface area contributed by atoms with Crippen molar-refractivity contribution >= 4 is 23.0 Å². The smallest absolute Gasteiger partial charge is 0.294 e. The molecule has 0 saturated heterocycles.